The molecule has 0 radical (unpaired) electrons. The largest absolute Gasteiger partial charge is 0.290 e. The van der Waals surface area contributed by atoms with Gasteiger partial charge in [0.25, 0.3) is 0 Å². The van der Waals surface area contributed by atoms with Crippen molar-refractivity contribution in [1.82, 2.24) is 10.7 Å². The van der Waals surface area contributed by atoms with Crippen molar-refractivity contribution in [2.24, 2.45) is 10.5 Å². The Morgan fingerprint density at radius 1 is 1.55 bits per heavy atom. The molecular weight excluding hydrogens is 158 g/mol. The van der Waals surface area contributed by atoms with Crippen LogP contribution in [0.3, 0.4) is 0 Å². The quantitative estimate of drug-likeness (QED) is 0.625. The number of hydrogen-bond donors (Lipinski definition) is 2. The van der Waals surface area contributed by atoms with Crippen LogP contribution >= 0.6 is 11.8 Å². The van der Waals surface area contributed by atoms with E-state index in [0.29, 0.717) is 0 Å². The van der Waals surface area contributed by atoms with Gasteiger partial charge in [-0.2, -0.15) is 5.10 Å². The third-order valence-corrected chi connectivity index (χ3v) is 2.92. The average Bonchev–Trinajstić information content (AvgIpc) is 2.32. The van der Waals surface area contributed by atoms with Gasteiger partial charge in [-0.3, -0.25) is 10.7 Å². The predicted molar refractivity (Wildman–Crippen MR) is 50.5 cm³/mol. The molecule has 1 aliphatic rings. The Bertz CT molecular complexity index is 171. The van der Waals surface area contributed by atoms with E-state index in [9.17, 15) is 0 Å². The second kappa shape index (κ2) is 3.03. The van der Waals surface area contributed by atoms with Gasteiger partial charge in [0.15, 0.2) is 0 Å². The molecule has 0 aliphatic carbocycles. The zero-order valence-corrected chi connectivity index (χ0v) is 8.25. The van der Waals surface area contributed by atoms with Crippen LogP contribution in [0, 0.1) is 5.41 Å². The van der Waals surface area contributed by atoms with Crippen molar-refractivity contribution in [3.63, 3.8) is 0 Å². The van der Waals surface area contributed by atoms with Gasteiger partial charge in [-0.05, 0) is 7.05 Å². The summed E-state index contributed by atoms with van der Waals surface area (Å²) < 4.78 is 0. The van der Waals surface area contributed by atoms with Crippen molar-refractivity contribution in [2.45, 2.75) is 26.3 Å². The highest BCUT2D eigenvalue weighted by Gasteiger charge is 2.27. The van der Waals surface area contributed by atoms with Gasteiger partial charge in [-0.1, -0.05) is 32.5 Å². The van der Waals surface area contributed by atoms with E-state index < -0.39 is 0 Å². The summed E-state index contributed by atoms with van der Waals surface area (Å²) in [5.74, 6) is 0. The van der Waals surface area contributed by atoms with E-state index in [4.69, 9.17) is 0 Å². The lowest BCUT2D eigenvalue weighted by Crippen LogP contribution is -2.30. The molecule has 11 heavy (non-hydrogen) atoms. The van der Waals surface area contributed by atoms with Gasteiger partial charge in [0, 0.05) is 5.41 Å². The maximum atomic E-state index is 4.23. The number of rotatable bonds is 1. The number of hydrazone groups is 1. The highest BCUT2D eigenvalue weighted by molar-refractivity contribution is 8.14. The van der Waals surface area contributed by atoms with Crippen LogP contribution in [0.4, 0.5) is 0 Å². The topological polar surface area (TPSA) is 36.4 Å². The standard InChI is InChI=1S/C7H15N3S/c1-7(2,3)5-9-10-6(8-4)11-5/h6,8,10H,1-4H3. The summed E-state index contributed by atoms with van der Waals surface area (Å²) in [4.78, 5) is 0. The molecule has 0 saturated carbocycles. The average molecular weight is 173 g/mol. The molecule has 3 nitrogen and oxygen atoms in total. The van der Waals surface area contributed by atoms with Gasteiger partial charge in [-0.25, -0.2) is 0 Å². The normalized spacial score (nSPS) is 24.7. The molecule has 64 valence electrons. The first-order valence-electron chi connectivity index (χ1n) is 3.71. The molecule has 1 rings (SSSR count). The van der Waals surface area contributed by atoms with Crippen molar-refractivity contribution < 1.29 is 0 Å². The Kier molecular flexibility index (Phi) is 2.44. The maximum absolute atomic E-state index is 4.23. The Balaban J connectivity index is 2.53. The minimum atomic E-state index is 0.170. The molecule has 0 aromatic heterocycles. The lowest BCUT2D eigenvalue weighted by Gasteiger charge is -2.16. The van der Waals surface area contributed by atoms with E-state index in [1.165, 1.54) is 0 Å². The number of thioether (sulfide) groups is 1. The smallest absolute Gasteiger partial charge is 0.146 e. The zero-order chi connectivity index (χ0) is 8.48. The first-order chi connectivity index (χ1) is 5.04. The lowest BCUT2D eigenvalue weighted by atomic mass is 9.99. The van der Waals surface area contributed by atoms with Gasteiger partial charge in [-0.15, -0.1) is 0 Å². The molecule has 0 aromatic carbocycles. The Morgan fingerprint density at radius 2 is 2.18 bits per heavy atom. The molecule has 0 aromatic rings. The Morgan fingerprint density at radius 3 is 2.45 bits per heavy atom. The molecule has 0 spiro atoms. The fourth-order valence-corrected chi connectivity index (χ4v) is 1.66. The Hall–Kier alpha value is -0.220. The fourth-order valence-electron chi connectivity index (χ4n) is 0.750. The highest BCUT2D eigenvalue weighted by Crippen LogP contribution is 2.28. The number of nitrogens with zero attached hydrogens (tertiary/aromatic N) is 1. The molecule has 2 N–H and O–H groups in total. The molecule has 0 amide bonds. The monoisotopic (exact) mass is 173 g/mol. The minimum absolute atomic E-state index is 0.170. The van der Waals surface area contributed by atoms with Crippen LogP contribution in [0.15, 0.2) is 5.10 Å². The van der Waals surface area contributed by atoms with Crippen molar-refractivity contribution in [3.05, 3.63) is 0 Å². The van der Waals surface area contributed by atoms with Crippen LogP contribution in [0.5, 0.6) is 0 Å². The third kappa shape index (κ3) is 2.10. The van der Waals surface area contributed by atoms with Crippen LogP contribution in [-0.4, -0.2) is 17.6 Å². The van der Waals surface area contributed by atoms with E-state index in [2.05, 4.69) is 36.6 Å². The highest BCUT2D eigenvalue weighted by atomic mass is 32.2. The second-order valence-electron chi connectivity index (χ2n) is 3.58. The molecular formula is C7H15N3S. The van der Waals surface area contributed by atoms with Crippen molar-refractivity contribution >= 4 is 16.8 Å². The summed E-state index contributed by atoms with van der Waals surface area (Å²) in [6.07, 6.45) is 0. The van der Waals surface area contributed by atoms with Crippen LogP contribution in [0.2, 0.25) is 0 Å². The van der Waals surface area contributed by atoms with E-state index in [1.54, 1.807) is 11.8 Å². The van der Waals surface area contributed by atoms with Crippen molar-refractivity contribution in [1.29, 1.82) is 0 Å². The Labute approximate surface area is 72.0 Å². The summed E-state index contributed by atoms with van der Waals surface area (Å²) in [6, 6.07) is 0. The van der Waals surface area contributed by atoms with E-state index in [1.807, 2.05) is 7.05 Å². The summed E-state index contributed by atoms with van der Waals surface area (Å²) in [5.41, 5.74) is 3.43. The SMILES string of the molecule is CNC1NN=C(C(C)(C)C)S1. The maximum Gasteiger partial charge on any atom is 0.146 e. The molecule has 1 unspecified atom stereocenters. The molecule has 4 heteroatoms. The molecule has 1 aliphatic heterocycles. The van der Waals surface area contributed by atoms with Gasteiger partial charge >= 0.3 is 0 Å². The van der Waals surface area contributed by atoms with Crippen LogP contribution in [0.1, 0.15) is 20.8 Å². The lowest BCUT2D eigenvalue weighted by molar-refractivity contribution is 0.587. The summed E-state index contributed by atoms with van der Waals surface area (Å²) in [7, 11) is 1.92. The zero-order valence-electron chi connectivity index (χ0n) is 7.43. The van der Waals surface area contributed by atoms with E-state index in [-0.39, 0.29) is 10.9 Å². The van der Waals surface area contributed by atoms with Crippen LogP contribution < -0.4 is 10.7 Å². The predicted octanol–water partition coefficient (Wildman–Crippen LogP) is 1.19. The summed E-state index contributed by atoms with van der Waals surface area (Å²) in [6.45, 7) is 6.50. The van der Waals surface area contributed by atoms with Gasteiger partial charge < -0.3 is 0 Å². The first-order valence-corrected chi connectivity index (χ1v) is 4.59. The molecule has 0 saturated heterocycles. The fraction of sp³-hybridized carbons (Fsp3) is 0.857. The van der Waals surface area contributed by atoms with E-state index in [0.717, 1.165) is 5.04 Å². The summed E-state index contributed by atoms with van der Waals surface area (Å²) >= 11 is 1.75. The van der Waals surface area contributed by atoms with Gasteiger partial charge in [0.1, 0.15) is 10.5 Å². The number of nitrogens with one attached hydrogen (secondary N) is 2. The molecule has 0 fully saturated rings. The first kappa shape index (κ1) is 8.87. The van der Waals surface area contributed by atoms with Crippen molar-refractivity contribution in [3.8, 4) is 0 Å². The van der Waals surface area contributed by atoms with Crippen molar-refractivity contribution in [2.75, 3.05) is 7.05 Å². The van der Waals surface area contributed by atoms with E-state index >= 15 is 0 Å². The third-order valence-electron chi connectivity index (χ3n) is 1.42. The molecule has 0 bridgehead atoms. The van der Waals surface area contributed by atoms with Crippen LogP contribution in [-0.2, 0) is 0 Å². The summed E-state index contributed by atoms with van der Waals surface area (Å²) in [5, 5.41) is 8.49. The molecule has 1 heterocycles. The van der Waals surface area contributed by atoms with Gasteiger partial charge in [0.2, 0.25) is 0 Å². The number of hydrogen-bond acceptors (Lipinski definition) is 4. The van der Waals surface area contributed by atoms with Crippen LogP contribution in [0.25, 0.3) is 0 Å². The molecule has 1 atom stereocenters. The second-order valence-corrected chi connectivity index (χ2v) is 4.68. The van der Waals surface area contributed by atoms with Gasteiger partial charge in [0.05, 0.1) is 0 Å². The minimum Gasteiger partial charge on any atom is -0.290 e.